The molecule has 0 radical (unpaired) electrons. The Morgan fingerprint density at radius 1 is 1.08 bits per heavy atom. The van der Waals surface area contributed by atoms with Crippen LogP contribution in [0.4, 0.5) is 0 Å². The molecule has 0 bridgehead atoms. The van der Waals surface area contributed by atoms with Gasteiger partial charge >= 0.3 is 0 Å². The number of para-hydroxylation sites is 1. The number of fused-ring (bicyclic) bond motifs is 3. The Hall–Kier alpha value is -3.20. The summed E-state index contributed by atoms with van der Waals surface area (Å²) in [5, 5.41) is 6.58. The zero-order valence-corrected chi connectivity index (χ0v) is 13.8. The number of aromatic nitrogens is 4. The first kappa shape index (κ1) is 15.3. The summed E-state index contributed by atoms with van der Waals surface area (Å²) in [5.41, 5.74) is -0.0520. The molecule has 0 amide bonds. The van der Waals surface area contributed by atoms with Gasteiger partial charge in [-0.1, -0.05) is 12.1 Å². The summed E-state index contributed by atoms with van der Waals surface area (Å²) in [5.74, 6) is 0.533. The molecule has 25 heavy (non-hydrogen) atoms. The van der Waals surface area contributed by atoms with Crippen LogP contribution in [0.15, 0.2) is 63.2 Å². The van der Waals surface area contributed by atoms with E-state index < -0.39 is 15.4 Å². The lowest BCUT2D eigenvalue weighted by Gasteiger charge is -2.04. The molecule has 9 heteroatoms. The maximum absolute atomic E-state index is 12.9. The normalized spacial score (nSPS) is 11.9. The lowest BCUT2D eigenvalue weighted by molar-refractivity contribution is 0.414. The second-order valence-corrected chi connectivity index (χ2v) is 7.15. The van der Waals surface area contributed by atoms with E-state index in [1.807, 2.05) is 0 Å². The molecule has 126 valence electrons. The lowest BCUT2D eigenvalue weighted by atomic mass is 10.2. The molecule has 2 heterocycles. The fourth-order valence-electron chi connectivity index (χ4n) is 2.61. The van der Waals surface area contributed by atoms with Crippen molar-refractivity contribution in [2.24, 2.45) is 0 Å². The van der Waals surface area contributed by atoms with Crippen LogP contribution in [0.1, 0.15) is 0 Å². The summed E-state index contributed by atoms with van der Waals surface area (Å²) in [6.45, 7) is 0. The summed E-state index contributed by atoms with van der Waals surface area (Å²) in [7, 11) is -2.46. The monoisotopic (exact) mass is 356 g/mol. The predicted molar refractivity (Wildman–Crippen MR) is 89.6 cm³/mol. The Bertz CT molecular complexity index is 1260. The molecule has 4 rings (SSSR count). The summed E-state index contributed by atoms with van der Waals surface area (Å²) in [4.78, 5) is 16.1. The molecule has 2 aromatic carbocycles. The van der Waals surface area contributed by atoms with E-state index >= 15 is 0 Å². The zero-order chi connectivity index (χ0) is 17.6. The number of ether oxygens (including phenoxy) is 1. The molecule has 0 aliphatic heterocycles. The molecular weight excluding hydrogens is 344 g/mol. The van der Waals surface area contributed by atoms with Gasteiger partial charge in [0.1, 0.15) is 5.75 Å². The molecular formula is C16H12N4O4S. The molecule has 2 aromatic heterocycles. The summed E-state index contributed by atoms with van der Waals surface area (Å²) >= 11 is 0. The molecule has 0 saturated carbocycles. The standard InChI is InChI=1S/C16H12N4O4S/c1-24-10-6-8-11(9-7-10)25(22,23)16-14-17-15(21)12-4-2-3-5-13(12)20(14)19-18-16/h2-9,19H,1H3. The second kappa shape index (κ2) is 5.42. The first-order chi connectivity index (χ1) is 12.0. The fourth-order valence-corrected chi connectivity index (χ4v) is 3.86. The Morgan fingerprint density at radius 3 is 2.52 bits per heavy atom. The first-order valence-electron chi connectivity index (χ1n) is 7.27. The highest BCUT2D eigenvalue weighted by Crippen LogP contribution is 2.24. The van der Waals surface area contributed by atoms with E-state index in [2.05, 4.69) is 15.3 Å². The van der Waals surface area contributed by atoms with Gasteiger partial charge in [-0.2, -0.15) is 4.98 Å². The van der Waals surface area contributed by atoms with Crippen molar-refractivity contribution in [2.75, 3.05) is 7.11 Å². The van der Waals surface area contributed by atoms with Crippen molar-refractivity contribution in [1.82, 2.24) is 19.8 Å². The Morgan fingerprint density at radius 2 is 1.80 bits per heavy atom. The Kier molecular flexibility index (Phi) is 3.32. The number of hydrogen-bond donors (Lipinski definition) is 1. The predicted octanol–water partition coefficient (Wildman–Crippen LogP) is 1.41. The van der Waals surface area contributed by atoms with Crippen LogP contribution in [-0.4, -0.2) is 35.3 Å². The van der Waals surface area contributed by atoms with Crippen molar-refractivity contribution >= 4 is 26.4 Å². The van der Waals surface area contributed by atoms with Gasteiger partial charge in [-0.15, -0.1) is 5.10 Å². The average Bonchev–Trinajstić information content (AvgIpc) is 3.07. The van der Waals surface area contributed by atoms with E-state index in [0.29, 0.717) is 16.7 Å². The van der Waals surface area contributed by atoms with E-state index in [0.717, 1.165) is 0 Å². The largest absolute Gasteiger partial charge is 0.497 e. The van der Waals surface area contributed by atoms with E-state index in [4.69, 9.17) is 4.74 Å². The highest BCUT2D eigenvalue weighted by Gasteiger charge is 2.26. The van der Waals surface area contributed by atoms with Crippen LogP contribution in [0.2, 0.25) is 0 Å². The molecule has 0 aliphatic rings. The third-order valence-electron chi connectivity index (χ3n) is 3.86. The molecule has 0 saturated heterocycles. The van der Waals surface area contributed by atoms with Crippen molar-refractivity contribution < 1.29 is 13.2 Å². The molecule has 1 N–H and O–H groups in total. The number of H-pyrrole nitrogens is 1. The number of aromatic amines is 1. The van der Waals surface area contributed by atoms with Gasteiger partial charge in [-0.3, -0.25) is 4.79 Å². The van der Waals surface area contributed by atoms with E-state index in [-0.39, 0.29) is 15.6 Å². The van der Waals surface area contributed by atoms with Gasteiger partial charge < -0.3 is 4.74 Å². The average molecular weight is 356 g/mol. The van der Waals surface area contributed by atoms with Crippen molar-refractivity contribution in [1.29, 1.82) is 0 Å². The van der Waals surface area contributed by atoms with Crippen LogP contribution in [0.5, 0.6) is 5.75 Å². The molecule has 0 unspecified atom stereocenters. The maximum Gasteiger partial charge on any atom is 0.281 e. The van der Waals surface area contributed by atoms with Crippen LogP contribution in [0.3, 0.4) is 0 Å². The second-order valence-electron chi connectivity index (χ2n) is 5.29. The van der Waals surface area contributed by atoms with Crippen LogP contribution < -0.4 is 10.3 Å². The Labute approximate surface area is 141 Å². The van der Waals surface area contributed by atoms with Crippen LogP contribution in [-0.2, 0) is 9.84 Å². The zero-order valence-electron chi connectivity index (χ0n) is 13.0. The molecule has 4 aromatic rings. The minimum Gasteiger partial charge on any atom is -0.497 e. The number of sulfone groups is 1. The highest BCUT2D eigenvalue weighted by atomic mass is 32.2. The van der Waals surface area contributed by atoms with Crippen molar-refractivity contribution in [2.45, 2.75) is 9.92 Å². The van der Waals surface area contributed by atoms with Gasteiger partial charge in [0.25, 0.3) is 5.56 Å². The fraction of sp³-hybridized carbons (Fsp3) is 0.0625. The molecule has 0 spiro atoms. The van der Waals surface area contributed by atoms with Gasteiger partial charge in [0.05, 0.1) is 22.9 Å². The summed E-state index contributed by atoms with van der Waals surface area (Å²) in [6.07, 6.45) is 0. The molecule has 0 fully saturated rings. The number of benzene rings is 2. The number of nitrogens with zero attached hydrogens (tertiary/aromatic N) is 3. The minimum absolute atomic E-state index is 0.0321. The third-order valence-corrected chi connectivity index (χ3v) is 5.54. The van der Waals surface area contributed by atoms with E-state index in [1.165, 1.54) is 35.9 Å². The van der Waals surface area contributed by atoms with E-state index in [1.54, 1.807) is 24.3 Å². The van der Waals surface area contributed by atoms with Crippen LogP contribution in [0.25, 0.3) is 16.6 Å². The number of hydrogen-bond acceptors (Lipinski definition) is 6. The summed E-state index contributed by atoms with van der Waals surface area (Å²) in [6, 6.07) is 12.7. The van der Waals surface area contributed by atoms with Crippen molar-refractivity contribution in [3.8, 4) is 5.75 Å². The van der Waals surface area contributed by atoms with E-state index in [9.17, 15) is 13.2 Å². The van der Waals surface area contributed by atoms with Gasteiger partial charge in [-0.25, -0.2) is 18.1 Å². The smallest absolute Gasteiger partial charge is 0.281 e. The highest BCUT2D eigenvalue weighted by molar-refractivity contribution is 7.91. The quantitative estimate of drug-likeness (QED) is 0.595. The lowest BCUT2D eigenvalue weighted by Crippen LogP contribution is -2.12. The van der Waals surface area contributed by atoms with Gasteiger partial charge in [-0.05, 0) is 36.4 Å². The summed E-state index contributed by atoms with van der Waals surface area (Å²) < 4.78 is 32.2. The first-order valence-corrected chi connectivity index (χ1v) is 8.76. The van der Waals surface area contributed by atoms with Gasteiger partial charge in [0.2, 0.25) is 14.9 Å². The number of nitrogens with one attached hydrogen (secondary N) is 1. The third kappa shape index (κ3) is 2.28. The SMILES string of the molecule is COc1ccc(S(=O)(=O)c2n[nH]n3c2nc(=O)c2ccccc23)cc1. The number of methoxy groups -OCH3 is 1. The molecule has 0 atom stereocenters. The van der Waals surface area contributed by atoms with Crippen molar-refractivity contribution in [3.63, 3.8) is 0 Å². The topological polar surface area (TPSA) is 106 Å². The molecule has 0 aliphatic carbocycles. The molecule has 8 nitrogen and oxygen atoms in total. The minimum atomic E-state index is -3.95. The van der Waals surface area contributed by atoms with Crippen LogP contribution in [0, 0.1) is 0 Å². The Balaban J connectivity index is 1.99. The van der Waals surface area contributed by atoms with Gasteiger partial charge in [0, 0.05) is 0 Å². The van der Waals surface area contributed by atoms with Crippen LogP contribution >= 0.6 is 0 Å². The number of rotatable bonds is 3. The van der Waals surface area contributed by atoms with Gasteiger partial charge in [0.15, 0.2) is 5.65 Å². The van der Waals surface area contributed by atoms with Crippen molar-refractivity contribution in [3.05, 3.63) is 58.9 Å². The maximum atomic E-state index is 12.9.